The molecule has 2 fully saturated rings. The van der Waals surface area contributed by atoms with E-state index in [0.29, 0.717) is 12.2 Å². The number of hydrogen-bond acceptors (Lipinski definition) is 3. The van der Waals surface area contributed by atoms with Crippen molar-refractivity contribution in [2.45, 2.75) is 63.8 Å². The largest absolute Gasteiger partial charge is 0.375 e. The highest BCUT2D eigenvalue weighted by Gasteiger charge is 2.40. The molecule has 4 heterocycles. The highest BCUT2D eigenvalue weighted by Crippen LogP contribution is 2.38. The van der Waals surface area contributed by atoms with E-state index in [1.54, 1.807) is 0 Å². The van der Waals surface area contributed by atoms with E-state index in [1.807, 2.05) is 0 Å². The van der Waals surface area contributed by atoms with Gasteiger partial charge in [0.1, 0.15) is 5.82 Å². The molecule has 3 aliphatic rings. The van der Waals surface area contributed by atoms with E-state index in [9.17, 15) is 0 Å². The Morgan fingerprint density at radius 3 is 3.16 bits per heavy atom. The smallest absolute Gasteiger partial charge is 0.109 e. The zero-order valence-electron chi connectivity index (χ0n) is 11.5. The summed E-state index contributed by atoms with van der Waals surface area (Å²) in [6.45, 7) is 3.15. The number of ether oxygens (including phenoxy) is 1. The minimum atomic E-state index is 0.535. The summed E-state index contributed by atoms with van der Waals surface area (Å²) in [6.07, 6.45) is 10.9. The highest BCUT2D eigenvalue weighted by molar-refractivity contribution is 5.06. The molecule has 0 aromatic carbocycles. The lowest BCUT2D eigenvalue weighted by Gasteiger charge is -2.18. The first-order chi connectivity index (χ1) is 9.38. The fourth-order valence-corrected chi connectivity index (χ4v) is 3.90. The van der Waals surface area contributed by atoms with Gasteiger partial charge in [-0.1, -0.05) is 0 Å². The van der Waals surface area contributed by atoms with E-state index in [1.165, 1.54) is 43.6 Å². The molecule has 4 rings (SSSR count). The van der Waals surface area contributed by atoms with Crippen molar-refractivity contribution in [1.82, 2.24) is 14.9 Å². The Bertz CT molecular complexity index is 433. The molecule has 0 spiro atoms. The third-order valence-electron chi connectivity index (χ3n) is 4.90. The predicted molar refractivity (Wildman–Crippen MR) is 72.9 cm³/mol. The van der Waals surface area contributed by atoms with Crippen molar-refractivity contribution in [3.05, 3.63) is 17.7 Å². The highest BCUT2D eigenvalue weighted by atomic mass is 16.5. The number of nitrogens with one attached hydrogen (secondary N) is 1. The van der Waals surface area contributed by atoms with Gasteiger partial charge in [0, 0.05) is 38.2 Å². The van der Waals surface area contributed by atoms with Gasteiger partial charge in [0.2, 0.25) is 0 Å². The normalized spacial score (nSPS) is 32.7. The van der Waals surface area contributed by atoms with Crippen LogP contribution in [0.1, 0.15) is 43.6 Å². The zero-order valence-corrected chi connectivity index (χ0v) is 11.5. The standard InChI is InChI=1S/C15H23N3O/c1-2-6-18-10-12(17-15(18)3-1)9-16-8-11-7-13-4-5-14(11)19-13/h10-11,13-14,16H,1-9H2. The Morgan fingerprint density at radius 2 is 2.37 bits per heavy atom. The van der Waals surface area contributed by atoms with Gasteiger partial charge in [0.25, 0.3) is 0 Å². The van der Waals surface area contributed by atoms with Crippen LogP contribution in [0.3, 0.4) is 0 Å². The first-order valence-electron chi connectivity index (χ1n) is 7.79. The van der Waals surface area contributed by atoms with Crippen molar-refractivity contribution in [3.8, 4) is 0 Å². The Labute approximate surface area is 114 Å². The molecule has 1 N–H and O–H groups in total. The lowest BCUT2D eigenvalue weighted by atomic mass is 9.89. The molecular weight excluding hydrogens is 238 g/mol. The summed E-state index contributed by atoms with van der Waals surface area (Å²) in [5.41, 5.74) is 1.21. The van der Waals surface area contributed by atoms with Gasteiger partial charge in [-0.05, 0) is 32.1 Å². The summed E-state index contributed by atoms with van der Waals surface area (Å²) in [4.78, 5) is 4.73. The van der Waals surface area contributed by atoms with Crippen molar-refractivity contribution in [2.24, 2.45) is 5.92 Å². The van der Waals surface area contributed by atoms with Crippen LogP contribution < -0.4 is 5.32 Å². The van der Waals surface area contributed by atoms with Gasteiger partial charge < -0.3 is 14.6 Å². The van der Waals surface area contributed by atoms with E-state index in [2.05, 4.69) is 16.1 Å². The molecule has 1 aromatic heterocycles. The Morgan fingerprint density at radius 1 is 1.37 bits per heavy atom. The maximum Gasteiger partial charge on any atom is 0.109 e. The van der Waals surface area contributed by atoms with Crippen molar-refractivity contribution in [1.29, 1.82) is 0 Å². The van der Waals surface area contributed by atoms with Gasteiger partial charge in [-0.3, -0.25) is 0 Å². The van der Waals surface area contributed by atoms with Gasteiger partial charge in [0.15, 0.2) is 0 Å². The third-order valence-corrected chi connectivity index (χ3v) is 4.90. The number of imidazole rings is 1. The third kappa shape index (κ3) is 2.32. The van der Waals surface area contributed by atoms with E-state index >= 15 is 0 Å². The van der Waals surface area contributed by atoms with E-state index in [0.717, 1.165) is 32.0 Å². The molecule has 3 aliphatic heterocycles. The number of aryl methyl sites for hydroxylation is 2. The molecule has 4 nitrogen and oxygen atoms in total. The molecule has 3 unspecified atom stereocenters. The number of fused-ring (bicyclic) bond motifs is 3. The first kappa shape index (κ1) is 11.9. The van der Waals surface area contributed by atoms with Crippen LogP contribution in [0.15, 0.2) is 6.20 Å². The summed E-state index contributed by atoms with van der Waals surface area (Å²) >= 11 is 0. The zero-order chi connectivity index (χ0) is 12.7. The van der Waals surface area contributed by atoms with E-state index in [-0.39, 0.29) is 0 Å². The molecule has 0 aliphatic carbocycles. The van der Waals surface area contributed by atoms with Gasteiger partial charge in [0.05, 0.1) is 17.9 Å². The van der Waals surface area contributed by atoms with Crippen molar-refractivity contribution >= 4 is 0 Å². The molecule has 2 bridgehead atoms. The van der Waals surface area contributed by atoms with Crippen LogP contribution in [0, 0.1) is 5.92 Å². The van der Waals surface area contributed by atoms with Crippen LogP contribution in [-0.4, -0.2) is 28.3 Å². The Balaban J connectivity index is 1.29. The summed E-state index contributed by atoms with van der Waals surface area (Å²) in [5.74, 6) is 2.02. The van der Waals surface area contributed by atoms with Gasteiger partial charge in [-0.2, -0.15) is 0 Å². The molecule has 1 aromatic rings. The monoisotopic (exact) mass is 261 g/mol. The van der Waals surface area contributed by atoms with Gasteiger partial charge >= 0.3 is 0 Å². The number of aromatic nitrogens is 2. The molecule has 0 saturated carbocycles. The molecular formula is C15H23N3O. The molecule has 0 amide bonds. The van der Waals surface area contributed by atoms with Crippen molar-refractivity contribution in [2.75, 3.05) is 6.54 Å². The molecule has 2 saturated heterocycles. The Hall–Kier alpha value is -0.870. The second kappa shape index (κ2) is 4.91. The number of hydrogen-bond donors (Lipinski definition) is 1. The second-order valence-electron chi connectivity index (χ2n) is 6.30. The average Bonchev–Trinajstić information content (AvgIpc) is 3.12. The number of nitrogens with zero attached hydrogens (tertiary/aromatic N) is 2. The van der Waals surface area contributed by atoms with Crippen LogP contribution >= 0.6 is 0 Å². The molecule has 19 heavy (non-hydrogen) atoms. The maximum absolute atomic E-state index is 5.89. The van der Waals surface area contributed by atoms with Crippen molar-refractivity contribution in [3.63, 3.8) is 0 Å². The average molecular weight is 261 g/mol. The minimum absolute atomic E-state index is 0.535. The van der Waals surface area contributed by atoms with Crippen LogP contribution in [0.4, 0.5) is 0 Å². The lowest BCUT2D eigenvalue weighted by molar-refractivity contribution is 0.0923. The summed E-state index contributed by atoms with van der Waals surface area (Å²) in [6, 6.07) is 0. The van der Waals surface area contributed by atoms with Gasteiger partial charge in [-0.25, -0.2) is 4.98 Å². The van der Waals surface area contributed by atoms with E-state index < -0.39 is 0 Å². The number of rotatable bonds is 4. The lowest BCUT2D eigenvalue weighted by Crippen LogP contribution is -2.29. The second-order valence-corrected chi connectivity index (χ2v) is 6.30. The maximum atomic E-state index is 5.89. The van der Waals surface area contributed by atoms with Crippen LogP contribution in [-0.2, 0) is 24.2 Å². The quantitative estimate of drug-likeness (QED) is 0.899. The van der Waals surface area contributed by atoms with E-state index in [4.69, 9.17) is 9.72 Å². The summed E-state index contributed by atoms with van der Waals surface area (Å²) < 4.78 is 8.23. The fraction of sp³-hybridized carbons (Fsp3) is 0.800. The molecule has 3 atom stereocenters. The molecule has 4 heteroatoms. The van der Waals surface area contributed by atoms with Crippen LogP contribution in [0.2, 0.25) is 0 Å². The molecule has 104 valence electrons. The van der Waals surface area contributed by atoms with Gasteiger partial charge in [-0.15, -0.1) is 0 Å². The van der Waals surface area contributed by atoms with Crippen LogP contribution in [0.25, 0.3) is 0 Å². The van der Waals surface area contributed by atoms with Crippen LogP contribution in [0.5, 0.6) is 0 Å². The first-order valence-corrected chi connectivity index (χ1v) is 7.79. The molecule has 0 radical (unpaired) electrons. The summed E-state index contributed by atoms with van der Waals surface area (Å²) in [5, 5.41) is 3.58. The fourth-order valence-electron chi connectivity index (χ4n) is 3.90. The summed E-state index contributed by atoms with van der Waals surface area (Å²) in [7, 11) is 0. The van der Waals surface area contributed by atoms with Crippen molar-refractivity contribution < 1.29 is 4.74 Å². The topological polar surface area (TPSA) is 39.1 Å². The predicted octanol–water partition coefficient (Wildman–Crippen LogP) is 1.88. The minimum Gasteiger partial charge on any atom is -0.375 e. The SMILES string of the molecule is c1c(CNCC2CC3CCC2O3)nc2n1CCCC2. The Kier molecular flexibility index (Phi) is 3.08.